The topological polar surface area (TPSA) is 67.8 Å². The number of aliphatic hydroxyl groups excluding tert-OH is 1. The maximum Gasteiger partial charge on any atom is 0.286 e. The summed E-state index contributed by atoms with van der Waals surface area (Å²) in [5, 5.41) is 12.3. The largest absolute Gasteiger partial charge is 0.459 e. The highest BCUT2D eigenvalue weighted by Gasteiger charge is 2.40. The van der Waals surface area contributed by atoms with Gasteiger partial charge in [-0.1, -0.05) is 19.3 Å². The highest BCUT2D eigenvalue weighted by molar-refractivity contribution is 5.91. The van der Waals surface area contributed by atoms with E-state index in [-0.39, 0.29) is 24.7 Å². The standard InChI is InChI=1S/C21H35NO4/c1-2-25-21-17(9-6-12-23)18(16-7-4-3-5-8-16)13-19(26-21)20(24)22-14-15-10-11-15/h13,15-18,21,23H,2-12,14H2,1H3,(H,22,24)/t17-,18-,21-/m0/s1. The number of allylic oxidation sites excluding steroid dienone is 1. The normalized spacial score (nSPS) is 29.8. The van der Waals surface area contributed by atoms with Crippen molar-refractivity contribution in [3.63, 3.8) is 0 Å². The van der Waals surface area contributed by atoms with Crippen LogP contribution in [0.3, 0.4) is 0 Å². The summed E-state index contributed by atoms with van der Waals surface area (Å²) in [7, 11) is 0. The summed E-state index contributed by atoms with van der Waals surface area (Å²) in [6, 6.07) is 0. The molecule has 0 saturated heterocycles. The zero-order chi connectivity index (χ0) is 18.4. The second-order valence-corrected chi connectivity index (χ2v) is 8.13. The van der Waals surface area contributed by atoms with E-state index in [1.165, 1.54) is 44.9 Å². The lowest BCUT2D eigenvalue weighted by molar-refractivity contribution is -0.177. The first-order chi connectivity index (χ1) is 12.7. The van der Waals surface area contributed by atoms with E-state index in [9.17, 15) is 9.90 Å². The van der Waals surface area contributed by atoms with Crippen LogP contribution in [0.4, 0.5) is 0 Å². The molecule has 3 atom stereocenters. The SMILES string of the molecule is CCO[C@H]1OC(C(=O)NCC2CC2)=C[C@@H](C2CCCCC2)[C@@H]1CCCO. The number of aliphatic hydroxyl groups is 1. The lowest BCUT2D eigenvalue weighted by atomic mass is 9.71. The number of hydrogen-bond donors (Lipinski definition) is 2. The van der Waals surface area contributed by atoms with Crippen LogP contribution in [0.1, 0.15) is 64.7 Å². The van der Waals surface area contributed by atoms with Gasteiger partial charge in [0, 0.05) is 25.7 Å². The molecule has 0 aromatic carbocycles. The van der Waals surface area contributed by atoms with E-state index in [2.05, 4.69) is 11.4 Å². The number of carbonyl (C=O) groups excluding carboxylic acids is 1. The van der Waals surface area contributed by atoms with Crippen molar-refractivity contribution in [3.05, 3.63) is 11.8 Å². The predicted octanol–water partition coefficient (Wildman–Crippen LogP) is 3.37. The van der Waals surface area contributed by atoms with Gasteiger partial charge >= 0.3 is 0 Å². The molecule has 0 bridgehead atoms. The van der Waals surface area contributed by atoms with Crippen molar-refractivity contribution in [1.29, 1.82) is 0 Å². The molecule has 2 fully saturated rings. The quantitative estimate of drug-likeness (QED) is 0.657. The zero-order valence-corrected chi connectivity index (χ0v) is 16.1. The Hall–Kier alpha value is -1.07. The Morgan fingerprint density at radius 1 is 1.27 bits per heavy atom. The predicted molar refractivity (Wildman–Crippen MR) is 100 cm³/mol. The molecule has 0 spiro atoms. The number of nitrogens with one attached hydrogen (secondary N) is 1. The Bertz CT molecular complexity index is 482. The maximum atomic E-state index is 12.6. The third kappa shape index (κ3) is 5.23. The van der Waals surface area contributed by atoms with Gasteiger partial charge < -0.3 is 19.9 Å². The van der Waals surface area contributed by atoms with Crippen LogP contribution < -0.4 is 5.32 Å². The van der Waals surface area contributed by atoms with Crippen LogP contribution >= 0.6 is 0 Å². The molecule has 148 valence electrons. The highest BCUT2D eigenvalue weighted by atomic mass is 16.7. The van der Waals surface area contributed by atoms with E-state index in [1.807, 2.05) is 6.92 Å². The Kier molecular flexibility index (Phi) is 7.38. The molecule has 2 aliphatic carbocycles. The van der Waals surface area contributed by atoms with E-state index in [0.717, 1.165) is 19.4 Å². The molecule has 0 aromatic heterocycles. The summed E-state index contributed by atoms with van der Waals surface area (Å²) < 4.78 is 11.9. The van der Waals surface area contributed by atoms with Crippen molar-refractivity contribution >= 4 is 5.91 Å². The molecule has 2 saturated carbocycles. The van der Waals surface area contributed by atoms with E-state index in [0.29, 0.717) is 30.1 Å². The zero-order valence-electron chi connectivity index (χ0n) is 16.1. The van der Waals surface area contributed by atoms with E-state index in [4.69, 9.17) is 9.47 Å². The fourth-order valence-corrected chi connectivity index (χ4v) is 4.49. The molecule has 5 heteroatoms. The molecule has 1 aliphatic heterocycles. The van der Waals surface area contributed by atoms with E-state index in [1.54, 1.807) is 0 Å². The Morgan fingerprint density at radius 3 is 2.69 bits per heavy atom. The van der Waals surface area contributed by atoms with E-state index >= 15 is 0 Å². The van der Waals surface area contributed by atoms with Gasteiger partial charge in [0.2, 0.25) is 6.29 Å². The molecule has 3 aliphatic rings. The minimum absolute atomic E-state index is 0.0944. The molecule has 3 rings (SSSR count). The van der Waals surface area contributed by atoms with Crippen molar-refractivity contribution in [1.82, 2.24) is 5.32 Å². The third-order valence-electron chi connectivity index (χ3n) is 6.12. The first-order valence-corrected chi connectivity index (χ1v) is 10.6. The minimum atomic E-state index is -0.384. The Morgan fingerprint density at radius 2 is 2.04 bits per heavy atom. The summed E-state index contributed by atoms with van der Waals surface area (Å²) in [6.45, 7) is 3.47. The average Bonchev–Trinajstić information content (AvgIpc) is 3.50. The number of hydrogen-bond acceptors (Lipinski definition) is 4. The number of rotatable bonds is 9. The molecule has 2 N–H and O–H groups in total. The van der Waals surface area contributed by atoms with Gasteiger partial charge in [-0.05, 0) is 69.3 Å². The minimum Gasteiger partial charge on any atom is -0.459 e. The van der Waals surface area contributed by atoms with Gasteiger partial charge in [0.1, 0.15) is 0 Å². The van der Waals surface area contributed by atoms with Gasteiger partial charge in [-0.2, -0.15) is 0 Å². The van der Waals surface area contributed by atoms with Crippen LogP contribution in [-0.2, 0) is 14.3 Å². The second kappa shape index (κ2) is 9.75. The smallest absolute Gasteiger partial charge is 0.286 e. The van der Waals surface area contributed by atoms with Gasteiger partial charge in [0.15, 0.2) is 5.76 Å². The number of carbonyl (C=O) groups is 1. The second-order valence-electron chi connectivity index (χ2n) is 8.13. The van der Waals surface area contributed by atoms with Crippen LogP contribution in [0, 0.1) is 23.7 Å². The summed E-state index contributed by atoms with van der Waals surface area (Å²) >= 11 is 0. The van der Waals surface area contributed by atoms with Crippen molar-refractivity contribution in [3.8, 4) is 0 Å². The van der Waals surface area contributed by atoms with Crippen molar-refractivity contribution in [2.45, 2.75) is 71.0 Å². The average molecular weight is 366 g/mol. The van der Waals surface area contributed by atoms with Gasteiger partial charge in [-0.3, -0.25) is 4.79 Å². The molecule has 0 unspecified atom stereocenters. The van der Waals surface area contributed by atoms with Crippen LogP contribution in [0.5, 0.6) is 0 Å². The lowest BCUT2D eigenvalue weighted by Crippen LogP contribution is -2.42. The van der Waals surface area contributed by atoms with Crippen LogP contribution in [0.15, 0.2) is 11.8 Å². The number of ether oxygens (including phenoxy) is 2. The Labute approximate surface area is 157 Å². The monoisotopic (exact) mass is 365 g/mol. The van der Waals surface area contributed by atoms with Gasteiger partial charge in [0.05, 0.1) is 0 Å². The molecule has 5 nitrogen and oxygen atoms in total. The third-order valence-corrected chi connectivity index (χ3v) is 6.12. The van der Waals surface area contributed by atoms with Gasteiger partial charge in [0.25, 0.3) is 5.91 Å². The summed E-state index contributed by atoms with van der Waals surface area (Å²) in [5.74, 6) is 2.10. The molecular weight excluding hydrogens is 330 g/mol. The first-order valence-electron chi connectivity index (χ1n) is 10.6. The maximum absolute atomic E-state index is 12.6. The van der Waals surface area contributed by atoms with Crippen LogP contribution in [0.2, 0.25) is 0 Å². The van der Waals surface area contributed by atoms with Gasteiger partial charge in [-0.25, -0.2) is 0 Å². The molecule has 0 aromatic rings. The fraction of sp³-hybridized carbons (Fsp3) is 0.857. The van der Waals surface area contributed by atoms with Crippen molar-refractivity contribution < 1.29 is 19.4 Å². The van der Waals surface area contributed by atoms with Gasteiger partial charge in [-0.15, -0.1) is 0 Å². The summed E-state index contributed by atoms with van der Waals surface area (Å²) in [4.78, 5) is 12.6. The van der Waals surface area contributed by atoms with Crippen molar-refractivity contribution in [2.75, 3.05) is 19.8 Å². The fourth-order valence-electron chi connectivity index (χ4n) is 4.49. The van der Waals surface area contributed by atoms with E-state index < -0.39 is 0 Å². The summed E-state index contributed by atoms with van der Waals surface area (Å²) in [5.41, 5.74) is 0. The molecule has 1 amide bonds. The molecular formula is C21H35NO4. The number of amides is 1. The first kappa shape index (κ1) is 19.7. The van der Waals surface area contributed by atoms with Crippen LogP contribution in [0.25, 0.3) is 0 Å². The highest BCUT2D eigenvalue weighted by Crippen LogP contribution is 2.42. The van der Waals surface area contributed by atoms with Crippen molar-refractivity contribution in [2.24, 2.45) is 23.7 Å². The molecule has 0 radical (unpaired) electrons. The summed E-state index contributed by atoms with van der Waals surface area (Å²) in [6.07, 6.45) is 12.0. The molecule has 1 heterocycles. The lowest BCUT2D eigenvalue weighted by Gasteiger charge is -2.41. The Balaban J connectivity index is 1.76. The van der Waals surface area contributed by atoms with Crippen LogP contribution in [-0.4, -0.2) is 37.1 Å². The molecule has 26 heavy (non-hydrogen) atoms.